The fraction of sp³-hybridized carbons (Fsp3) is 0.500. The number of carbonyl (C=O) groups is 1. The van der Waals surface area contributed by atoms with Crippen molar-refractivity contribution in [3.8, 4) is 0 Å². The molecule has 5 nitrogen and oxygen atoms in total. The van der Waals surface area contributed by atoms with E-state index in [4.69, 9.17) is 0 Å². The average molecular weight is 341 g/mol. The molecule has 0 unspecified atom stereocenters. The quantitative estimate of drug-likeness (QED) is 0.890. The zero-order chi connectivity index (χ0) is 18.0. The van der Waals surface area contributed by atoms with Gasteiger partial charge < -0.3 is 9.80 Å². The van der Waals surface area contributed by atoms with Crippen LogP contribution in [0.5, 0.6) is 0 Å². The molecule has 0 aliphatic heterocycles. The summed E-state index contributed by atoms with van der Waals surface area (Å²) in [7, 11) is 6.01. The molecule has 1 aromatic carbocycles. The SMILES string of the molecule is Cc1cc(CN(C(=O)C[NH+](C)C)[C@H]2CCCc3ccccc32)n(C)n1. The Balaban J connectivity index is 1.94. The highest BCUT2D eigenvalue weighted by Gasteiger charge is 2.30. The van der Waals surface area contributed by atoms with Gasteiger partial charge in [-0.1, -0.05) is 24.3 Å². The van der Waals surface area contributed by atoms with Gasteiger partial charge in [0.2, 0.25) is 0 Å². The minimum Gasteiger partial charge on any atom is -0.332 e. The molecule has 1 atom stereocenters. The summed E-state index contributed by atoms with van der Waals surface area (Å²) in [6.07, 6.45) is 3.27. The summed E-state index contributed by atoms with van der Waals surface area (Å²) in [5.41, 5.74) is 4.78. The number of likely N-dealkylation sites (N-methyl/N-ethyl adjacent to an activating group) is 1. The van der Waals surface area contributed by atoms with Crippen molar-refractivity contribution in [2.45, 2.75) is 38.8 Å². The fourth-order valence-electron chi connectivity index (χ4n) is 3.81. The molecule has 2 aromatic rings. The Hall–Kier alpha value is -2.14. The Bertz CT molecular complexity index is 750. The monoisotopic (exact) mass is 341 g/mol. The minimum absolute atomic E-state index is 0.159. The molecular weight excluding hydrogens is 312 g/mol. The van der Waals surface area contributed by atoms with Crippen molar-refractivity contribution in [3.63, 3.8) is 0 Å². The molecule has 1 N–H and O–H groups in total. The van der Waals surface area contributed by atoms with E-state index in [1.165, 1.54) is 11.1 Å². The maximum absolute atomic E-state index is 13.1. The number of nitrogens with zero attached hydrogens (tertiary/aromatic N) is 3. The predicted octanol–water partition coefficient (Wildman–Crippen LogP) is 1.28. The molecule has 1 aromatic heterocycles. The number of hydrogen-bond acceptors (Lipinski definition) is 2. The van der Waals surface area contributed by atoms with Gasteiger partial charge in [-0.15, -0.1) is 0 Å². The van der Waals surface area contributed by atoms with E-state index in [0.717, 1.165) is 35.6 Å². The van der Waals surface area contributed by atoms with E-state index >= 15 is 0 Å². The number of amides is 1. The summed E-state index contributed by atoms with van der Waals surface area (Å²) in [6, 6.07) is 10.8. The van der Waals surface area contributed by atoms with Gasteiger partial charge in [0.1, 0.15) is 0 Å². The van der Waals surface area contributed by atoms with Crippen LogP contribution < -0.4 is 4.90 Å². The van der Waals surface area contributed by atoms with Crippen LogP contribution in [-0.2, 0) is 24.8 Å². The topological polar surface area (TPSA) is 42.6 Å². The molecule has 25 heavy (non-hydrogen) atoms. The third-order valence-corrected chi connectivity index (χ3v) is 4.97. The summed E-state index contributed by atoms with van der Waals surface area (Å²) in [4.78, 5) is 16.3. The van der Waals surface area contributed by atoms with Gasteiger partial charge in [-0.3, -0.25) is 9.48 Å². The molecule has 1 amide bonds. The zero-order valence-electron chi connectivity index (χ0n) is 15.7. The van der Waals surface area contributed by atoms with Crippen LogP contribution in [0.25, 0.3) is 0 Å². The lowest BCUT2D eigenvalue weighted by Crippen LogP contribution is -3.07. The number of quaternary nitrogens is 1. The van der Waals surface area contributed by atoms with E-state index in [1.54, 1.807) is 0 Å². The number of nitrogens with one attached hydrogen (secondary N) is 1. The van der Waals surface area contributed by atoms with E-state index in [2.05, 4.69) is 40.3 Å². The van der Waals surface area contributed by atoms with Crippen molar-refractivity contribution in [1.29, 1.82) is 0 Å². The third kappa shape index (κ3) is 3.93. The van der Waals surface area contributed by atoms with Crippen LogP contribution in [-0.4, -0.2) is 41.2 Å². The van der Waals surface area contributed by atoms with Crippen LogP contribution in [0.1, 0.15) is 41.4 Å². The average Bonchev–Trinajstić information content (AvgIpc) is 2.89. The van der Waals surface area contributed by atoms with Crippen molar-refractivity contribution < 1.29 is 9.69 Å². The van der Waals surface area contributed by atoms with Gasteiger partial charge >= 0.3 is 0 Å². The van der Waals surface area contributed by atoms with E-state index in [9.17, 15) is 4.79 Å². The molecule has 0 fully saturated rings. The molecule has 3 rings (SSSR count). The summed E-state index contributed by atoms with van der Waals surface area (Å²) >= 11 is 0. The van der Waals surface area contributed by atoms with E-state index in [0.29, 0.717) is 13.1 Å². The van der Waals surface area contributed by atoms with Crippen LogP contribution in [0, 0.1) is 6.92 Å². The fourth-order valence-corrected chi connectivity index (χ4v) is 3.81. The molecule has 0 bridgehead atoms. The van der Waals surface area contributed by atoms with E-state index in [1.807, 2.05) is 32.7 Å². The molecule has 5 heteroatoms. The number of aryl methyl sites for hydroxylation is 3. The van der Waals surface area contributed by atoms with Crippen LogP contribution >= 0.6 is 0 Å². The summed E-state index contributed by atoms with van der Waals surface area (Å²) in [6.45, 7) is 3.12. The molecule has 1 aliphatic carbocycles. The van der Waals surface area contributed by atoms with E-state index < -0.39 is 0 Å². The highest BCUT2D eigenvalue weighted by Crippen LogP contribution is 2.35. The standard InChI is InChI=1S/C20H28N4O/c1-15-12-17(23(4)21-15)13-24(20(25)14-22(2)3)19-11-7-9-16-8-5-6-10-18(16)19/h5-6,8,10,12,19H,7,9,11,13-14H2,1-4H3/p+1/t19-/m0/s1. The predicted molar refractivity (Wildman–Crippen MR) is 98.3 cm³/mol. The lowest BCUT2D eigenvalue weighted by atomic mass is 9.86. The normalized spacial score (nSPS) is 16.8. The molecule has 0 saturated heterocycles. The molecule has 0 spiro atoms. The largest absolute Gasteiger partial charge is 0.332 e. The minimum atomic E-state index is 0.159. The first-order valence-corrected chi connectivity index (χ1v) is 9.11. The second-order valence-corrected chi connectivity index (χ2v) is 7.41. The molecule has 134 valence electrons. The third-order valence-electron chi connectivity index (χ3n) is 4.97. The van der Waals surface area contributed by atoms with Gasteiger partial charge in [0.25, 0.3) is 5.91 Å². The van der Waals surface area contributed by atoms with Gasteiger partial charge in [0.05, 0.1) is 38.1 Å². The highest BCUT2D eigenvalue weighted by molar-refractivity contribution is 5.77. The van der Waals surface area contributed by atoms with Crippen molar-refractivity contribution >= 4 is 5.91 Å². The van der Waals surface area contributed by atoms with E-state index in [-0.39, 0.29) is 11.9 Å². The van der Waals surface area contributed by atoms with Crippen LogP contribution in [0.2, 0.25) is 0 Å². The Morgan fingerprint density at radius 1 is 1.36 bits per heavy atom. The van der Waals surface area contributed by atoms with Crippen molar-refractivity contribution in [2.75, 3.05) is 20.6 Å². The van der Waals surface area contributed by atoms with Gasteiger partial charge in [-0.25, -0.2) is 0 Å². The summed E-state index contributed by atoms with van der Waals surface area (Å²) in [5, 5.41) is 4.45. The number of rotatable bonds is 5. The summed E-state index contributed by atoms with van der Waals surface area (Å²) < 4.78 is 1.90. The van der Waals surface area contributed by atoms with Gasteiger partial charge in [-0.2, -0.15) is 5.10 Å². The second kappa shape index (κ2) is 7.40. The highest BCUT2D eigenvalue weighted by atomic mass is 16.2. The number of fused-ring (bicyclic) bond motifs is 1. The van der Waals surface area contributed by atoms with Crippen molar-refractivity contribution in [3.05, 3.63) is 52.8 Å². The number of carbonyl (C=O) groups excluding carboxylic acids is 1. The number of aromatic nitrogens is 2. The smallest absolute Gasteiger partial charge is 0.278 e. The first kappa shape index (κ1) is 17.7. The van der Waals surface area contributed by atoms with Crippen LogP contribution in [0.15, 0.2) is 30.3 Å². The maximum Gasteiger partial charge on any atom is 0.278 e. The second-order valence-electron chi connectivity index (χ2n) is 7.41. The Morgan fingerprint density at radius 2 is 2.12 bits per heavy atom. The number of hydrogen-bond donors (Lipinski definition) is 1. The van der Waals surface area contributed by atoms with Crippen molar-refractivity contribution in [2.24, 2.45) is 7.05 Å². The molecule has 1 heterocycles. The molecule has 1 aliphatic rings. The summed E-state index contributed by atoms with van der Waals surface area (Å²) in [5.74, 6) is 0.209. The van der Waals surface area contributed by atoms with Gasteiger partial charge in [0, 0.05) is 7.05 Å². The lowest BCUT2D eigenvalue weighted by molar-refractivity contribution is -0.849. The molecular formula is C20H29N4O+. The lowest BCUT2D eigenvalue weighted by Gasteiger charge is -2.36. The molecule has 0 saturated carbocycles. The van der Waals surface area contributed by atoms with Gasteiger partial charge in [0.15, 0.2) is 6.54 Å². The van der Waals surface area contributed by atoms with Crippen molar-refractivity contribution in [1.82, 2.24) is 14.7 Å². The van der Waals surface area contributed by atoms with Crippen LogP contribution in [0.4, 0.5) is 0 Å². The first-order chi connectivity index (χ1) is 12.0. The zero-order valence-corrected chi connectivity index (χ0v) is 15.7. The Labute approximate surface area is 150 Å². The Morgan fingerprint density at radius 3 is 2.80 bits per heavy atom. The molecule has 0 radical (unpaired) electrons. The Kier molecular flexibility index (Phi) is 5.23. The maximum atomic E-state index is 13.1. The van der Waals surface area contributed by atoms with Gasteiger partial charge in [-0.05, 0) is 43.4 Å². The first-order valence-electron chi connectivity index (χ1n) is 9.11. The van der Waals surface area contributed by atoms with Crippen LogP contribution in [0.3, 0.4) is 0 Å². The number of benzene rings is 1.